The van der Waals surface area contributed by atoms with E-state index >= 15 is 0 Å². The smallest absolute Gasteiger partial charge is 1.00 e. The topological polar surface area (TPSA) is 24.9 Å². The third-order valence-corrected chi connectivity index (χ3v) is 33.9. The number of nitrogens with zero attached hydrogens (tertiary/aromatic N) is 2. The maximum atomic E-state index is 6.56. The average molecular weight is 1020 g/mol. The maximum absolute atomic E-state index is 6.56. The van der Waals surface area contributed by atoms with Crippen molar-refractivity contribution in [3.63, 3.8) is 0 Å². The summed E-state index contributed by atoms with van der Waals surface area (Å²) in [5, 5.41) is 0. The molecule has 0 saturated carbocycles. The van der Waals surface area contributed by atoms with Gasteiger partial charge in [0.2, 0.25) is 0 Å². The van der Waals surface area contributed by atoms with Crippen molar-refractivity contribution in [2.75, 3.05) is 9.80 Å². The number of fused-ring (bicyclic) bond motifs is 6. The second-order valence-corrected chi connectivity index (χ2v) is 36.4. The molecule has 68 heavy (non-hydrogen) atoms. The molecule has 0 fully saturated rings. The minimum absolute atomic E-state index is 0. The molecule has 2 heterocycles. The van der Waals surface area contributed by atoms with Gasteiger partial charge in [0.25, 0.3) is 0 Å². The molecule has 0 N–H and O–H groups in total. The number of hydrogen-bond acceptors (Lipinski definition) is 4. The van der Waals surface area contributed by atoms with Crippen molar-refractivity contribution in [3.05, 3.63) is 214 Å². The van der Waals surface area contributed by atoms with Crippen molar-refractivity contribution in [1.29, 1.82) is 0 Å². The molecule has 0 bridgehead atoms. The van der Waals surface area contributed by atoms with E-state index < -0.39 is 25.8 Å². The molecule has 2 aliphatic heterocycles. The van der Waals surface area contributed by atoms with Crippen LogP contribution < -0.4 is 44.1 Å². The normalized spacial score (nSPS) is 15.5. The number of ether oxygens (including phenoxy) is 2. The van der Waals surface area contributed by atoms with Crippen molar-refractivity contribution >= 4 is 51.7 Å². The van der Waals surface area contributed by atoms with E-state index in [2.05, 4.69) is 233 Å². The van der Waals surface area contributed by atoms with Crippen LogP contribution in [-0.2, 0) is 20.4 Å². The predicted octanol–water partition coefficient (Wildman–Crippen LogP) is 11.3. The van der Waals surface area contributed by atoms with Gasteiger partial charge in [0.15, 0.2) is 0 Å². The number of para-hydroxylation sites is 8. The van der Waals surface area contributed by atoms with Crippen LogP contribution in [0.1, 0.15) is 54.5 Å². The van der Waals surface area contributed by atoms with Gasteiger partial charge in [-0.05, 0) is 0 Å². The fraction of sp³-hybridized carbons (Fsp3) is 0.133. The third-order valence-electron chi connectivity index (χ3n) is 14.0. The molecular weight excluding hydrogens is 971 g/mol. The molecule has 12 rings (SSSR count). The Morgan fingerprint density at radius 1 is 0.426 bits per heavy atom. The standard InChI is InChI=1S/2C29H22NO.C2H6Si.2ClH.Zr/c2*1-19-11-13-21(14-12-19)25-18-23(17-22-15-20(2)16-24(22)25)30-26-7-3-5-9-28(26)31-29-10-6-4-8-27(29)30;1-3-2;;;/h2*3-18H,1-2H3;1-2H3;2*1H;/q;;;;;+2/p-2. The van der Waals surface area contributed by atoms with E-state index in [0.717, 1.165) is 45.7 Å². The Morgan fingerprint density at radius 2 is 0.750 bits per heavy atom. The van der Waals surface area contributed by atoms with Crippen LogP contribution in [0.2, 0.25) is 13.1 Å². The SMILES string of the molecule is CC1=Cc2c(-c3ccc(C)cc3)cc(N3c4ccccc4Oc4ccccc43)cc2[C@@H]1[Zr+2]([C@H]1C(C)=Cc2c(-c3ccc(C)cc3)cc(N3c4ccccc4Oc4ccccc43)cc21)=[Si](C)C.[Cl-].[Cl-]. The van der Waals surface area contributed by atoms with Gasteiger partial charge in [-0.2, -0.15) is 0 Å². The summed E-state index contributed by atoms with van der Waals surface area (Å²) < 4.78 is 13.9. The van der Waals surface area contributed by atoms with Crippen molar-refractivity contribution in [2.24, 2.45) is 0 Å². The molecule has 2 aliphatic carbocycles. The first-order chi connectivity index (χ1) is 32.2. The molecule has 2 atom stereocenters. The predicted molar refractivity (Wildman–Crippen MR) is 273 cm³/mol. The third kappa shape index (κ3) is 7.61. The van der Waals surface area contributed by atoms with Gasteiger partial charge in [-0.3, -0.25) is 0 Å². The molecule has 8 heteroatoms. The molecule has 8 aromatic carbocycles. The summed E-state index contributed by atoms with van der Waals surface area (Å²) >= 11 is -2.64. The first-order valence-corrected chi connectivity index (χ1v) is 32.1. The number of allylic oxidation sites excluding steroid dienone is 2. The van der Waals surface area contributed by atoms with Gasteiger partial charge in [-0.1, -0.05) is 0 Å². The Hall–Kier alpha value is -5.88. The Balaban J connectivity index is 0.00000269. The molecule has 4 nitrogen and oxygen atoms in total. The molecule has 8 aromatic rings. The minimum Gasteiger partial charge on any atom is -1.00 e. The Morgan fingerprint density at radius 3 is 1.07 bits per heavy atom. The zero-order chi connectivity index (χ0) is 44.8. The molecule has 0 amide bonds. The Bertz CT molecular complexity index is 3100. The number of anilines is 6. The van der Waals surface area contributed by atoms with Crippen molar-refractivity contribution in [3.8, 4) is 45.3 Å². The molecule has 0 saturated heterocycles. The summed E-state index contributed by atoms with van der Waals surface area (Å²) in [7, 11) is 0. The quantitative estimate of drug-likeness (QED) is 0.155. The van der Waals surface area contributed by atoms with Gasteiger partial charge in [-0.25, -0.2) is 0 Å². The second kappa shape index (κ2) is 18.2. The van der Waals surface area contributed by atoms with Crippen LogP contribution in [0.3, 0.4) is 0 Å². The second-order valence-electron chi connectivity index (χ2n) is 18.6. The summed E-state index contributed by atoms with van der Waals surface area (Å²) in [5.74, 6) is 3.49. The minimum atomic E-state index is -2.64. The van der Waals surface area contributed by atoms with Gasteiger partial charge in [0, 0.05) is 0 Å². The van der Waals surface area contributed by atoms with E-state index in [0.29, 0.717) is 7.25 Å². The van der Waals surface area contributed by atoms with Crippen LogP contribution >= 0.6 is 0 Å². The largest absolute Gasteiger partial charge is 1.00 e. The van der Waals surface area contributed by atoms with Crippen LogP contribution in [0.5, 0.6) is 23.0 Å². The first kappa shape index (κ1) is 45.9. The molecule has 0 spiro atoms. The number of rotatable bonds is 6. The van der Waals surface area contributed by atoms with E-state index in [1.54, 1.807) is 0 Å². The van der Waals surface area contributed by atoms with Gasteiger partial charge in [-0.15, -0.1) is 0 Å². The fourth-order valence-corrected chi connectivity index (χ4v) is 31.6. The van der Waals surface area contributed by atoms with Gasteiger partial charge < -0.3 is 24.8 Å². The van der Waals surface area contributed by atoms with Gasteiger partial charge in [0.1, 0.15) is 0 Å². The number of hydrogen-bond donors (Lipinski definition) is 0. The van der Waals surface area contributed by atoms with E-state index in [1.807, 2.05) is 0 Å². The summed E-state index contributed by atoms with van der Waals surface area (Å²) in [6.45, 7) is 14.5. The summed E-state index contributed by atoms with van der Waals surface area (Å²) in [6, 6.07) is 62.3. The average Bonchev–Trinajstić information content (AvgIpc) is 3.84. The fourth-order valence-electron chi connectivity index (χ4n) is 11.0. The van der Waals surface area contributed by atoms with Crippen molar-refractivity contribution in [1.82, 2.24) is 0 Å². The van der Waals surface area contributed by atoms with Crippen LogP contribution in [0, 0.1) is 13.8 Å². The van der Waals surface area contributed by atoms with Crippen LogP contribution in [-0.4, -0.2) is 5.43 Å². The van der Waals surface area contributed by atoms with Crippen LogP contribution in [0.15, 0.2) is 181 Å². The van der Waals surface area contributed by atoms with Crippen molar-refractivity contribution < 1.29 is 54.7 Å². The monoisotopic (exact) mass is 1020 g/mol. The van der Waals surface area contributed by atoms with Crippen LogP contribution in [0.25, 0.3) is 34.4 Å². The summed E-state index contributed by atoms with van der Waals surface area (Å²) in [4.78, 5) is 4.88. The number of aryl methyl sites for hydroxylation is 2. The maximum Gasteiger partial charge on any atom is -1.00 e. The Labute approximate surface area is 420 Å². The number of halogens is 2. The molecule has 334 valence electrons. The zero-order valence-corrected chi connectivity index (χ0v) is 43.9. The van der Waals surface area contributed by atoms with E-state index in [9.17, 15) is 0 Å². The Kier molecular flexibility index (Phi) is 12.3. The first-order valence-electron chi connectivity index (χ1n) is 23.1. The van der Waals surface area contributed by atoms with Crippen LogP contribution in [0.4, 0.5) is 34.1 Å². The van der Waals surface area contributed by atoms with Crippen molar-refractivity contribution in [2.45, 2.75) is 48.0 Å². The molecule has 0 radical (unpaired) electrons. The summed E-state index contributed by atoms with van der Waals surface area (Å²) in [6.07, 6.45) is 5.13. The molecule has 4 aliphatic rings. The van der Waals surface area contributed by atoms with E-state index in [-0.39, 0.29) is 24.8 Å². The molecule has 0 unspecified atom stereocenters. The van der Waals surface area contributed by atoms with E-state index in [1.165, 1.54) is 78.2 Å². The molecule has 0 aromatic heterocycles. The zero-order valence-electron chi connectivity index (χ0n) is 38.9. The van der Waals surface area contributed by atoms with Gasteiger partial charge >= 0.3 is 399 Å². The summed E-state index contributed by atoms with van der Waals surface area (Å²) in [5.41, 5.74) is 22.3. The van der Waals surface area contributed by atoms with E-state index in [4.69, 9.17) is 9.47 Å². The van der Waals surface area contributed by atoms with Gasteiger partial charge in [0.05, 0.1) is 0 Å². The molecular formula is C60H50Cl2N2O2SiZr. The number of benzene rings is 8.